The van der Waals surface area contributed by atoms with Crippen LogP contribution >= 0.6 is 0 Å². The van der Waals surface area contributed by atoms with Gasteiger partial charge in [-0.25, -0.2) is 0 Å². The van der Waals surface area contributed by atoms with Gasteiger partial charge in [-0.2, -0.15) is 5.10 Å². The fourth-order valence-electron chi connectivity index (χ4n) is 2.50. The molecule has 0 atom stereocenters. The molecule has 0 saturated carbocycles. The predicted octanol–water partition coefficient (Wildman–Crippen LogP) is 2.30. The van der Waals surface area contributed by atoms with Crippen LogP contribution in [0.3, 0.4) is 0 Å². The van der Waals surface area contributed by atoms with Crippen LogP contribution in [0.15, 0.2) is 52.1 Å². The molecule has 2 N–H and O–H groups in total. The molecule has 0 radical (unpaired) electrons. The molecule has 3 rings (SSSR count). The summed E-state index contributed by atoms with van der Waals surface area (Å²) in [6.45, 7) is 4.22. The molecule has 0 amide bonds. The Kier molecular flexibility index (Phi) is 4.61. The molecule has 0 bridgehead atoms. The summed E-state index contributed by atoms with van der Waals surface area (Å²) in [7, 11) is 1.76. The third-order valence-corrected chi connectivity index (χ3v) is 3.78. The third kappa shape index (κ3) is 3.53. The Labute approximate surface area is 135 Å². The summed E-state index contributed by atoms with van der Waals surface area (Å²) in [6.07, 6.45) is 3.72. The molecule has 6 heteroatoms. The second-order valence-electron chi connectivity index (χ2n) is 5.27. The van der Waals surface area contributed by atoms with Gasteiger partial charge in [0.05, 0.1) is 13.1 Å². The van der Waals surface area contributed by atoms with Crippen molar-refractivity contribution in [3.05, 3.63) is 54.0 Å². The third-order valence-electron chi connectivity index (χ3n) is 3.78. The first-order valence-corrected chi connectivity index (χ1v) is 7.67. The van der Waals surface area contributed by atoms with Gasteiger partial charge >= 0.3 is 0 Å². The minimum absolute atomic E-state index is 0.599. The molecular weight excluding hydrogens is 290 g/mol. The number of guanidine groups is 1. The highest BCUT2D eigenvalue weighted by Crippen LogP contribution is 2.24. The van der Waals surface area contributed by atoms with Gasteiger partial charge in [-0.15, -0.1) is 0 Å². The monoisotopic (exact) mass is 311 g/mol. The Bertz CT molecular complexity index is 789. The van der Waals surface area contributed by atoms with E-state index >= 15 is 0 Å². The van der Waals surface area contributed by atoms with Gasteiger partial charge in [0.2, 0.25) is 0 Å². The molecule has 0 saturated heterocycles. The van der Waals surface area contributed by atoms with E-state index in [1.807, 2.05) is 35.1 Å². The first-order chi connectivity index (χ1) is 11.3. The van der Waals surface area contributed by atoms with Crippen LogP contribution in [-0.2, 0) is 13.1 Å². The molecule has 3 aromatic rings. The van der Waals surface area contributed by atoms with Crippen LogP contribution in [0.1, 0.15) is 11.3 Å². The molecule has 0 spiro atoms. The number of para-hydroxylation sites is 1. The normalized spacial score (nSPS) is 11.8. The van der Waals surface area contributed by atoms with Gasteiger partial charge < -0.3 is 15.1 Å². The number of aryl methyl sites for hydroxylation is 1. The number of aliphatic imine (C=N–C) groups is 1. The zero-order valence-electron chi connectivity index (χ0n) is 13.4. The van der Waals surface area contributed by atoms with Crippen molar-refractivity contribution in [3.63, 3.8) is 0 Å². The molecule has 2 aromatic heterocycles. The Morgan fingerprint density at radius 2 is 2.13 bits per heavy atom. The summed E-state index contributed by atoms with van der Waals surface area (Å²) in [5.41, 5.74) is 2.09. The Balaban J connectivity index is 1.55. The molecular formula is C17H21N5O. The van der Waals surface area contributed by atoms with Crippen molar-refractivity contribution in [2.75, 3.05) is 13.6 Å². The minimum Gasteiger partial charge on any atom is -0.459 e. The van der Waals surface area contributed by atoms with Crippen LogP contribution in [0.25, 0.3) is 11.0 Å². The maximum absolute atomic E-state index is 5.90. The summed E-state index contributed by atoms with van der Waals surface area (Å²) < 4.78 is 7.78. The summed E-state index contributed by atoms with van der Waals surface area (Å²) >= 11 is 0. The average molecular weight is 311 g/mol. The van der Waals surface area contributed by atoms with Crippen LogP contribution in [0.2, 0.25) is 0 Å². The van der Waals surface area contributed by atoms with Crippen LogP contribution < -0.4 is 10.6 Å². The quantitative estimate of drug-likeness (QED) is 0.560. The number of nitrogens with one attached hydrogen (secondary N) is 2. The number of nitrogens with zero attached hydrogens (tertiary/aromatic N) is 3. The topological polar surface area (TPSA) is 67.4 Å². The number of furan rings is 1. The van der Waals surface area contributed by atoms with Gasteiger partial charge in [0, 0.05) is 36.9 Å². The molecule has 23 heavy (non-hydrogen) atoms. The SMILES string of the molecule is CN=C(NCCn1cccn1)NCc1oc2ccccc2c1C. The number of aromatic nitrogens is 2. The van der Waals surface area contributed by atoms with Crippen molar-refractivity contribution in [1.82, 2.24) is 20.4 Å². The van der Waals surface area contributed by atoms with E-state index in [4.69, 9.17) is 4.42 Å². The second-order valence-corrected chi connectivity index (χ2v) is 5.27. The predicted molar refractivity (Wildman–Crippen MR) is 91.4 cm³/mol. The second kappa shape index (κ2) is 7.00. The average Bonchev–Trinajstić information content (AvgIpc) is 3.19. The number of rotatable bonds is 5. The number of hydrogen-bond acceptors (Lipinski definition) is 3. The van der Waals surface area contributed by atoms with Crippen molar-refractivity contribution >= 4 is 16.9 Å². The lowest BCUT2D eigenvalue weighted by Crippen LogP contribution is -2.38. The van der Waals surface area contributed by atoms with Gasteiger partial charge in [0.15, 0.2) is 5.96 Å². The highest BCUT2D eigenvalue weighted by atomic mass is 16.3. The number of fused-ring (bicyclic) bond motifs is 1. The van der Waals surface area contributed by atoms with Crippen molar-refractivity contribution in [3.8, 4) is 0 Å². The van der Waals surface area contributed by atoms with E-state index in [0.29, 0.717) is 6.54 Å². The van der Waals surface area contributed by atoms with Crippen molar-refractivity contribution in [2.45, 2.75) is 20.0 Å². The maximum Gasteiger partial charge on any atom is 0.191 e. The Morgan fingerprint density at radius 3 is 2.87 bits per heavy atom. The van der Waals surface area contributed by atoms with Gasteiger partial charge in [-0.3, -0.25) is 9.67 Å². The van der Waals surface area contributed by atoms with E-state index in [0.717, 1.165) is 35.8 Å². The van der Waals surface area contributed by atoms with Gasteiger partial charge in [0.25, 0.3) is 0 Å². The fourth-order valence-corrected chi connectivity index (χ4v) is 2.50. The molecule has 2 heterocycles. The number of hydrogen-bond donors (Lipinski definition) is 2. The van der Waals surface area contributed by atoms with E-state index in [1.165, 1.54) is 5.56 Å². The largest absolute Gasteiger partial charge is 0.459 e. The van der Waals surface area contributed by atoms with Crippen molar-refractivity contribution in [2.24, 2.45) is 4.99 Å². The zero-order valence-corrected chi connectivity index (χ0v) is 13.4. The lowest BCUT2D eigenvalue weighted by molar-refractivity contribution is 0.532. The van der Waals surface area contributed by atoms with Crippen LogP contribution in [0, 0.1) is 6.92 Å². The van der Waals surface area contributed by atoms with E-state index in [-0.39, 0.29) is 0 Å². The minimum atomic E-state index is 0.599. The molecule has 0 unspecified atom stereocenters. The molecule has 0 aliphatic rings. The molecule has 6 nitrogen and oxygen atoms in total. The Morgan fingerprint density at radius 1 is 1.26 bits per heavy atom. The number of benzene rings is 1. The smallest absolute Gasteiger partial charge is 0.191 e. The first kappa shape index (κ1) is 15.1. The van der Waals surface area contributed by atoms with Gasteiger partial charge in [-0.1, -0.05) is 18.2 Å². The lowest BCUT2D eigenvalue weighted by atomic mass is 10.1. The van der Waals surface area contributed by atoms with E-state index < -0.39 is 0 Å². The first-order valence-electron chi connectivity index (χ1n) is 7.67. The van der Waals surface area contributed by atoms with E-state index in [1.54, 1.807) is 13.2 Å². The summed E-state index contributed by atoms with van der Waals surface area (Å²) in [5.74, 6) is 1.68. The van der Waals surface area contributed by atoms with Crippen LogP contribution in [0.5, 0.6) is 0 Å². The maximum atomic E-state index is 5.90. The highest BCUT2D eigenvalue weighted by Gasteiger charge is 2.10. The molecule has 0 fully saturated rings. The van der Waals surface area contributed by atoms with E-state index in [9.17, 15) is 0 Å². The molecule has 1 aromatic carbocycles. The lowest BCUT2D eigenvalue weighted by Gasteiger charge is -2.11. The molecule has 120 valence electrons. The summed E-state index contributed by atoms with van der Waals surface area (Å²) in [6, 6.07) is 9.99. The summed E-state index contributed by atoms with van der Waals surface area (Å²) in [5, 5.41) is 11.9. The molecule has 0 aliphatic heterocycles. The highest BCUT2D eigenvalue weighted by molar-refractivity contribution is 5.82. The summed E-state index contributed by atoms with van der Waals surface area (Å²) in [4.78, 5) is 4.23. The standard InChI is InChI=1S/C17H21N5O/c1-13-14-6-3-4-7-15(14)23-16(13)12-20-17(18-2)19-9-11-22-10-5-8-21-22/h3-8,10H,9,11-12H2,1-2H3,(H2,18,19,20). The molecule has 0 aliphatic carbocycles. The fraction of sp³-hybridized carbons (Fsp3) is 0.294. The van der Waals surface area contributed by atoms with Crippen molar-refractivity contribution < 1.29 is 4.42 Å². The van der Waals surface area contributed by atoms with Crippen LogP contribution in [0.4, 0.5) is 0 Å². The van der Waals surface area contributed by atoms with Gasteiger partial charge in [-0.05, 0) is 19.1 Å². The van der Waals surface area contributed by atoms with E-state index in [2.05, 4.69) is 33.7 Å². The van der Waals surface area contributed by atoms with Crippen molar-refractivity contribution in [1.29, 1.82) is 0 Å². The van der Waals surface area contributed by atoms with Crippen LogP contribution in [-0.4, -0.2) is 29.3 Å². The zero-order chi connectivity index (χ0) is 16.1. The Hall–Kier alpha value is -2.76. The van der Waals surface area contributed by atoms with Gasteiger partial charge in [0.1, 0.15) is 11.3 Å².